The number of pyridine rings is 1. The highest BCUT2D eigenvalue weighted by Crippen LogP contribution is 2.40. The van der Waals surface area contributed by atoms with Gasteiger partial charge in [-0.25, -0.2) is 4.98 Å². The van der Waals surface area contributed by atoms with E-state index in [4.69, 9.17) is 9.47 Å². The summed E-state index contributed by atoms with van der Waals surface area (Å²) in [6.07, 6.45) is 2.80. The van der Waals surface area contributed by atoms with Crippen molar-refractivity contribution in [2.75, 3.05) is 26.8 Å². The van der Waals surface area contributed by atoms with E-state index in [0.717, 1.165) is 26.1 Å². The summed E-state index contributed by atoms with van der Waals surface area (Å²) in [5.74, 6) is 0.663. The molecule has 0 N–H and O–H groups in total. The number of aromatic nitrogens is 1. The topological polar surface area (TPSA) is 34.4 Å². The fraction of sp³-hybridized carbons (Fsp3) is 0.545. The first-order valence-electron chi connectivity index (χ1n) is 5.20. The lowest BCUT2D eigenvalue weighted by molar-refractivity contribution is 0.0612. The van der Waals surface area contributed by atoms with Crippen LogP contribution in [-0.4, -0.2) is 42.4 Å². The zero-order valence-electron chi connectivity index (χ0n) is 8.77. The molecular formula is C11H14N2O2. The van der Waals surface area contributed by atoms with Gasteiger partial charge >= 0.3 is 0 Å². The molecule has 0 amide bonds. The number of hydrogen-bond donors (Lipinski definition) is 0. The normalized spacial score (nSPS) is 32.5. The van der Waals surface area contributed by atoms with E-state index in [-0.39, 0.29) is 5.72 Å². The highest BCUT2D eigenvalue weighted by atomic mass is 16.5. The first kappa shape index (κ1) is 9.12. The average molecular weight is 206 g/mol. The summed E-state index contributed by atoms with van der Waals surface area (Å²) in [5.41, 5.74) is 1.22. The van der Waals surface area contributed by atoms with Gasteiger partial charge in [-0.1, -0.05) is 6.07 Å². The summed E-state index contributed by atoms with van der Waals surface area (Å²) in [5, 5.41) is 0. The fourth-order valence-electron chi connectivity index (χ4n) is 2.20. The van der Waals surface area contributed by atoms with Crippen LogP contribution < -0.4 is 4.74 Å². The Bertz CT molecular complexity index is 365. The highest BCUT2D eigenvalue weighted by Gasteiger charge is 2.56. The van der Waals surface area contributed by atoms with Gasteiger partial charge in [0.15, 0.2) is 0 Å². The van der Waals surface area contributed by atoms with Crippen LogP contribution in [0.5, 0.6) is 5.88 Å². The van der Waals surface area contributed by atoms with Crippen LogP contribution >= 0.6 is 0 Å². The predicted octanol–water partition coefficient (Wildman–Crippen LogP) is 0.675. The number of hydrogen-bond acceptors (Lipinski definition) is 4. The third-order valence-corrected chi connectivity index (χ3v) is 3.13. The Kier molecular flexibility index (Phi) is 1.94. The largest absolute Gasteiger partial charge is 0.481 e. The van der Waals surface area contributed by atoms with Crippen molar-refractivity contribution >= 4 is 0 Å². The molecule has 15 heavy (non-hydrogen) atoms. The Morgan fingerprint density at radius 3 is 3.07 bits per heavy atom. The van der Waals surface area contributed by atoms with E-state index >= 15 is 0 Å². The molecule has 2 atom stereocenters. The quantitative estimate of drug-likeness (QED) is 0.681. The van der Waals surface area contributed by atoms with Gasteiger partial charge in [-0.15, -0.1) is 0 Å². The van der Waals surface area contributed by atoms with Crippen molar-refractivity contribution in [3.05, 3.63) is 23.9 Å². The van der Waals surface area contributed by atoms with Crippen LogP contribution in [0.15, 0.2) is 18.3 Å². The van der Waals surface area contributed by atoms with Crippen LogP contribution in [0.4, 0.5) is 0 Å². The molecule has 0 radical (unpaired) electrons. The summed E-state index contributed by atoms with van der Waals surface area (Å²) in [7, 11) is 1.63. The van der Waals surface area contributed by atoms with E-state index in [1.807, 2.05) is 12.3 Å². The maximum Gasteiger partial charge on any atom is 0.212 e. The van der Waals surface area contributed by atoms with Crippen LogP contribution in [0.3, 0.4) is 0 Å². The molecule has 2 aliphatic rings. The van der Waals surface area contributed by atoms with Gasteiger partial charge in [0.05, 0.1) is 13.7 Å². The smallest absolute Gasteiger partial charge is 0.212 e. The van der Waals surface area contributed by atoms with Crippen LogP contribution in [0, 0.1) is 0 Å². The highest BCUT2D eigenvalue weighted by molar-refractivity contribution is 5.22. The molecular weight excluding hydrogens is 192 g/mol. The number of rotatable bonds is 3. The van der Waals surface area contributed by atoms with Crippen molar-refractivity contribution < 1.29 is 9.47 Å². The minimum Gasteiger partial charge on any atom is -0.481 e. The van der Waals surface area contributed by atoms with Gasteiger partial charge in [0, 0.05) is 31.8 Å². The SMILES string of the molecule is COc1ccc(CC23CN2CCO3)cn1. The van der Waals surface area contributed by atoms with E-state index < -0.39 is 0 Å². The Balaban J connectivity index is 1.72. The third kappa shape index (κ3) is 1.50. The lowest BCUT2D eigenvalue weighted by atomic mass is 10.1. The van der Waals surface area contributed by atoms with Gasteiger partial charge in [-0.2, -0.15) is 0 Å². The number of ether oxygens (including phenoxy) is 2. The summed E-state index contributed by atoms with van der Waals surface area (Å²) >= 11 is 0. The molecule has 0 bridgehead atoms. The molecule has 0 aliphatic carbocycles. The van der Waals surface area contributed by atoms with Crippen molar-refractivity contribution in [1.29, 1.82) is 0 Å². The van der Waals surface area contributed by atoms with Gasteiger partial charge in [0.1, 0.15) is 5.72 Å². The second-order valence-corrected chi connectivity index (χ2v) is 4.10. The van der Waals surface area contributed by atoms with Crippen LogP contribution in [-0.2, 0) is 11.2 Å². The van der Waals surface area contributed by atoms with Crippen molar-refractivity contribution in [1.82, 2.24) is 9.88 Å². The van der Waals surface area contributed by atoms with E-state index in [9.17, 15) is 0 Å². The molecule has 3 rings (SSSR count). The fourth-order valence-corrected chi connectivity index (χ4v) is 2.20. The number of fused-ring (bicyclic) bond motifs is 1. The molecule has 2 fully saturated rings. The zero-order chi connectivity index (χ0) is 10.3. The van der Waals surface area contributed by atoms with Crippen LogP contribution in [0.25, 0.3) is 0 Å². The second kappa shape index (κ2) is 3.18. The predicted molar refractivity (Wildman–Crippen MR) is 54.7 cm³/mol. The van der Waals surface area contributed by atoms with Crippen molar-refractivity contribution in [3.8, 4) is 5.88 Å². The number of morpholine rings is 1. The first-order valence-corrected chi connectivity index (χ1v) is 5.20. The molecule has 2 saturated heterocycles. The zero-order valence-corrected chi connectivity index (χ0v) is 8.77. The average Bonchev–Trinajstić information content (AvgIpc) is 2.81. The van der Waals surface area contributed by atoms with Crippen molar-refractivity contribution in [3.63, 3.8) is 0 Å². The van der Waals surface area contributed by atoms with Crippen molar-refractivity contribution in [2.45, 2.75) is 12.1 Å². The van der Waals surface area contributed by atoms with Crippen LogP contribution in [0.2, 0.25) is 0 Å². The van der Waals surface area contributed by atoms with Gasteiger partial charge in [0.25, 0.3) is 0 Å². The number of methoxy groups -OCH3 is 1. The molecule has 0 saturated carbocycles. The molecule has 2 unspecified atom stereocenters. The minimum atomic E-state index is 0.0102. The molecule has 4 nitrogen and oxygen atoms in total. The molecule has 3 heterocycles. The summed E-state index contributed by atoms with van der Waals surface area (Å²) in [6.45, 7) is 3.01. The monoisotopic (exact) mass is 206 g/mol. The minimum absolute atomic E-state index is 0.0102. The molecule has 1 aromatic rings. The molecule has 1 aromatic heterocycles. The van der Waals surface area contributed by atoms with Gasteiger partial charge < -0.3 is 9.47 Å². The molecule has 0 spiro atoms. The van der Waals surface area contributed by atoms with E-state index in [0.29, 0.717) is 5.88 Å². The molecule has 80 valence electrons. The second-order valence-electron chi connectivity index (χ2n) is 4.10. The van der Waals surface area contributed by atoms with E-state index in [1.54, 1.807) is 7.11 Å². The Hall–Kier alpha value is -1.13. The summed E-state index contributed by atoms with van der Waals surface area (Å²) < 4.78 is 10.8. The molecule has 4 heteroatoms. The lowest BCUT2D eigenvalue weighted by Gasteiger charge is -2.10. The number of nitrogens with zero attached hydrogens (tertiary/aromatic N) is 2. The molecule has 0 aromatic carbocycles. The maximum atomic E-state index is 5.74. The summed E-state index contributed by atoms with van der Waals surface area (Å²) in [4.78, 5) is 6.55. The third-order valence-electron chi connectivity index (χ3n) is 3.13. The lowest BCUT2D eigenvalue weighted by Crippen LogP contribution is -2.18. The maximum absolute atomic E-state index is 5.74. The van der Waals surface area contributed by atoms with Gasteiger partial charge in [0.2, 0.25) is 5.88 Å². The molecule has 2 aliphatic heterocycles. The Labute approximate surface area is 88.8 Å². The Morgan fingerprint density at radius 2 is 2.53 bits per heavy atom. The standard InChI is InChI=1S/C11H14N2O2/c1-14-10-3-2-9(7-12-10)6-11-8-13(11)4-5-15-11/h2-3,7H,4-6,8H2,1H3. The Morgan fingerprint density at radius 1 is 1.60 bits per heavy atom. The van der Waals surface area contributed by atoms with E-state index in [1.165, 1.54) is 5.56 Å². The van der Waals surface area contributed by atoms with Crippen molar-refractivity contribution in [2.24, 2.45) is 0 Å². The first-order chi connectivity index (χ1) is 7.32. The van der Waals surface area contributed by atoms with E-state index in [2.05, 4.69) is 16.0 Å². The van der Waals surface area contributed by atoms with Gasteiger partial charge in [-0.05, 0) is 5.56 Å². The van der Waals surface area contributed by atoms with Crippen LogP contribution in [0.1, 0.15) is 5.56 Å². The van der Waals surface area contributed by atoms with Gasteiger partial charge in [-0.3, -0.25) is 4.90 Å². The summed E-state index contributed by atoms with van der Waals surface area (Å²) in [6, 6.07) is 3.95.